The van der Waals surface area contributed by atoms with Gasteiger partial charge in [0.05, 0.1) is 15.4 Å². The van der Waals surface area contributed by atoms with E-state index in [4.69, 9.17) is 11.6 Å². The maximum absolute atomic E-state index is 14.4. The molecule has 2 aromatic carbocycles. The zero-order chi connectivity index (χ0) is 21.2. The van der Waals surface area contributed by atoms with Crippen LogP contribution in [0.4, 0.5) is 34.6 Å². The Labute approximate surface area is 160 Å². The molecule has 12 heteroatoms. The maximum atomic E-state index is 14.4. The minimum atomic E-state index is -1.87. The standard InChI is InChI=1S/C16H12ClF4N3O4/c1-2-22(7-9-10(17)4-3-5-11(9)19)16-14(23(25)26)12(20)8(6-18)13(21)15(16)24(27)28/h3-5H,2,6-7H2,1H3. The zero-order valence-corrected chi connectivity index (χ0v) is 15.0. The molecule has 150 valence electrons. The summed E-state index contributed by atoms with van der Waals surface area (Å²) in [5.41, 5.74) is -5.61. The molecule has 0 spiro atoms. The van der Waals surface area contributed by atoms with E-state index >= 15 is 0 Å². The van der Waals surface area contributed by atoms with Gasteiger partial charge in [-0.25, -0.2) is 8.78 Å². The second-order valence-corrected chi connectivity index (χ2v) is 5.92. The third-order valence-electron chi connectivity index (χ3n) is 4.00. The molecule has 0 aliphatic rings. The van der Waals surface area contributed by atoms with Crippen molar-refractivity contribution in [3.05, 3.63) is 72.0 Å². The molecule has 0 saturated carbocycles. The monoisotopic (exact) mass is 421 g/mol. The molecular formula is C16H12ClF4N3O4. The molecule has 2 rings (SSSR count). The van der Waals surface area contributed by atoms with E-state index in [-0.39, 0.29) is 17.1 Å². The van der Waals surface area contributed by atoms with E-state index < -0.39 is 63.1 Å². The summed E-state index contributed by atoms with van der Waals surface area (Å²) < 4.78 is 55.9. The Morgan fingerprint density at radius 3 is 1.96 bits per heavy atom. The van der Waals surface area contributed by atoms with Crippen molar-refractivity contribution in [2.45, 2.75) is 20.1 Å². The van der Waals surface area contributed by atoms with E-state index in [1.165, 1.54) is 19.1 Å². The number of rotatable bonds is 7. The van der Waals surface area contributed by atoms with Crippen LogP contribution in [0, 0.1) is 37.7 Å². The van der Waals surface area contributed by atoms with Crippen LogP contribution < -0.4 is 4.90 Å². The van der Waals surface area contributed by atoms with E-state index in [1.807, 2.05) is 0 Å². The minimum absolute atomic E-state index is 0.0925. The van der Waals surface area contributed by atoms with Gasteiger partial charge in [-0.3, -0.25) is 20.2 Å². The normalized spacial score (nSPS) is 10.8. The quantitative estimate of drug-likeness (QED) is 0.354. The van der Waals surface area contributed by atoms with Crippen LogP contribution in [0.25, 0.3) is 0 Å². The smallest absolute Gasteiger partial charge is 0.335 e. The van der Waals surface area contributed by atoms with E-state index in [0.717, 1.165) is 11.0 Å². The van der Waals surface area contributed by atoms with Gasteiger partial charge >= 0.3 is 11.4 Å². The van der Waals surface area contributed by atoms with Crippen molar-refractivity contribution in [2.75, 3.05) is 11.4 Å². The highest BCUT2D eigenvalue weighted by Gasteiger charge is 2.40. The number of hydrogen-bond donors (Lipinski definition) is 0. The molecule has 0 saturated heterocycles. The second kappa shape index (κ2) is 8.38. The Morgan fingerprint density at radius 1 is 1.04 bits per heavy atom. The summed E-state index contributed by atoms with van der Waals surface area (Å²) in [5.74, 6) is -4.56. The molecular weight excluding hydrogens is 410 g/mol. The van der Waals surface area contributed by atoms with Crippen LogP contribution in [0.3, 0.4) is 0 Å². The van der Waals surface area contributed by atoms with Crippen LogP contribution >= 0.6 is 11.6 Å². The molecule has 0 amide bonds. The summed E-state index contributed by atoms with van der Waals surface area (Å²) in [5, 5.41) is 22.7. The van der Waals surface area contributed by atoms with Crippen LogP contribution in [0.1, 0.15) is 18.1 Å². The van der Waals surface area contributed by atoms with Crippen LogP contribution in [0.15, 0.2) is 18.2 Å². The lowest BCUT2D eigenvalue weighted by Crippen LogP contribution is -2.26. The molecule has 0 unspecified atom stereocenters. The topological polar surface area (TPSA) is 89.5 Å². The number of nitrogens with zero attached hydrogens (tertiary/aromatic N) is 3. The largest absolute Gasteiger partial charge is 0.356 e. The van der Waals surface area contributed by atoms with E-state index in [2.05, 4.69) is 0 Å². The van der Waals surface area contributed by atoms with Crippen LogP contribution in [-0.4, -0.2) is 16.4 Å². The molecule has 2 aromatic rings. The summed E-state index contributed by atoms with van der Waals surface area (Å²) in [6.07, 6.45) is 0. The number of alkyl halides is 1. The number of nitro groups is 2. The molecule has 7 nitrogen and oxygen atoms in total. The zero-order valence-electron chi connectivity index (χ0n) is 14.2. The van der Waals surface area contributed by atoms with Crippen molar-refractivity contribution in [1.82, 2.24) is 0 Å². The lowest BCUT2D eigenvalue weighted by Gasteiger charge is -2.24. The Morgan fingerprint density at radius 2 is 1.57 bits per heavy atom. The molecule has 0 atom stereocenters. The summed E-state index contributed by atoms with van der Waals surface area (Å²) in [4.78, 5) is 20.9. The number of nitro benzene ring substituents is 2. The fourth-order valence-corrected chi connectivity index (χ4v) is 2.90. The number of hydrogen-bond acceptors (Lipinski definition) is 5. The van der Waals surface area contributed by atoms with Crippen LogP contribution in [-0.2, 0) is 13.2 Å². The van der Waals surface area contributed by atoms with Gasteiger partial charge in [-0.2, -0.15) is 8.78 Å². The van der Waals surface area contributed by atoms with Gasteiger partial charge < -0.3 is 4.90 Å². The van der Waals surface area contributed by atoms with Crippen molar-refractivity contribution in [2.24, 2.45) is 0 Å². The molecule has 0 fully saturated rings. The van der Waals surface area contributed by atoms with Crippen LogP contribution in [0.5, 0.6) is 0 Å². The molecule has 0 aliphatic carbocycles. The van der Waals surface area contributed by atoms with E-state index in [0.29, 0.717) is 0 Å². The second-order valence-electron chi connectivity index (χ2n) is 5.51. The molecule has 0 aliphatic heterocycles. The third-order valence-corrected chi connectivity index (χ3v) is 4.36. The molecule has 28 heavy (non-hydrogen) atoms. The van der Waals surface area contributed by atoms with Gasteiger partial charge in [0.1, 0.15) is 12.5 Å². The summed E-state index contributed by atoms with van der Waals surface area (Å²) in [7, 11) is 0. The minimum Gasteiger partial charge on any atom is -0.356 e. The first kappa shape index (κ1) is 21.4. The van der Waals surface area contributed by atoms with E-state index in [1.54, 1.807) is 0 Å². The fourth-order valence-electron chi connectivity index (χ4n) is 2.68. The first-order valence-corrected chi connectivity index (χ1v) is 8.09. The van der Waals surface area contributed by atoms with Gasteiger partial charge in [0.25, 0.3) is 0 Å². The maximum Gasteiger partial charge on any atom is 0.335 e. The molecule has 0 aromatic heterocycles. The fraction of sp³-hybridized carbons (Fsp3) is 0.250. The summed E-state index contributed by atoms with van der Waals surface area (Å²) in [6.45, 7) is -1.25. The Kier molecular flexibility index (Phi) is 6.39. The van der Waals surface area contributed by atoms with Crippen molar-refractivity contribution in [3.8, 4) is 0 Å². The Balaban J connectivity index is 2.83. The third kappa shape index (κ3) is 3.70. The predicted octanol–water partition coefficient (Wildman–Crippen LogP) is 5.07. The highest BCUT2D eigenvalue weighted by Crippen LogP contribution is 2.44. The van der Waals surface area contributed by atoms with Crippen molar-refractivity contribution in [3.63, 3.8) is 0 Å². The lowest BCUT2D eigenvalue weighted by molar-refractivity contribution is -0.396. The summed E-state index contributed by atoms with van der Waals surface area (Å²) in [6, 6.07) is 3.63. The number of benzene rings is 2. The molecule has 0 N–H and O–H groups in total. The van der Waals surface area contributed by atoms with E-state index in [9.17, 15) is 37.8 Å². The van der Waals surface area contributed by atoms with Crippen LogP contribution in [0.2, 0.25) is 5.02 Å². The molecule has 0 radical (unpaired) electrons. The Hall–Kier alpha value is -2.95. The highest BCUT2D eigenvalue weighted by molar-refractivity contribution is 6.31. The highest BCUT2D eigenvalue weighted by atomic mass is 35.5. The molecule has 0 bridgehead atoms. The van der Waals surface area contributed by atoms with Crippen molar-refractivity contribution >= 4 is 28.7 Å². The number of anilines is 1. The first-order valence-electron chi connectivity index (χ1n) is 7.71. The van der Waals surface area contributed by atoms with Gasteiger partial charge in [0, 0.05) is 23.7 Å². The van der Waals surface area contributed by atoms with Crippen molar-refractivity contribution < 1.29 is 27.4 Å². The lowest BCUT2D eigenvalue weighted by atomic mass is 10.1. The van der Waals surface area contributed by atoms with Crippen molar-refractivity contribution in [1.29, 1.82) is 0 Å². The summed E-state index contributed by atoms with van der Waals surface area (Å²) >= 11 is 5.90. The Bertz CT molecular complexity index is 897. The average Bonchev–Trinajstić information content (AvgIpc) is 2.60. The SMILES string of the molecule is CCN(Cc1c(F)cccc1Cl)c1c([N+](=O)[O-])c(F)c(CF)c(F)c1[N+](=O)[O-]. The van der Waals surface area contributed by atoms with Gasteiger partial charge in [-0.05, 0) is 19.1 Å². The van der Waals surface area contributed by atoms with Gasteiger partial charge in [0.2, 0.25) is 17.3 Å². The van der Waals surface area contributed by atoms with Gasteiger partial charge in [-0.15, -0.1) is 0 Å². The van der Waals surface area contributed by atoms with Gasteiger partial charge in [0.15, 0.2) is 0 Å². The number of halogens is 5. The molecule has 0 heterocycles. The predicted molar refractivity (Wildman–Crippen MR) is 92.6 cm³/mol. The first-order chi connectivity index (χ1) is 13.1. The average molecular weight is 422 g/mol. The van der Waals surface area contributed by atoms with Gasteiger partial charge in [-0.1, -0.05) is 17.7 Å².